The quantitative estimate of drug-likeness (QED) is 0.871. The van der Waals surface area contributed by atoms with E-state index < -0.39 is 0 Å². The van der Waals surface area contributed by atoms with Gasteiger partial charge >= 0.3 is 6.03 Å². The van der Waals surface area contributed by atoms with Crippen LogP contribution in [0.2, 0.25) is 0 Å². The van der Waals surface area contributed by atoms with E-state index in [9.17, 15) is 4.79 Å². The Balaban J connectivity index is 1.88. The average molecular weight is 301 g/mol. The maximum atomic E-state index is 12.7. The molecule has 0 saturated carbocycles. The fourth-order valence-electron chi connectivity index (χ4n) is 3.80. The van der Waals surface area contributed by atoms with Gasteiger partial charge < -0.3 is 10.2 Å². The summed E-state index contributed by atoms with van der Waals surface area (Å²) in [6.45, 7) is 7.15. The number of aryl methyl sites for hydroxylation is 1. The summed E-state index contributed by atoms with van der Waals surface area (Å²) < 4.78 is 0. The lowest BCUT2D eigenvalue weighted by Gasteiger charge is -2.36. The molecule has 22 heavy (non-hydrogen) atoms. The third-order valence-corrected chi connectivity index (χ3v) is 4.98. The van der Waals surface area contributed by atoms with Crippen LogP contribution in [0.15, 0.2) is 18.2 Å². The predicted octanol–water partition coefficient (Wildman–Crippen LogP) is 3.11. The van der Waals surface area contributed by atoms with E-state index in [0.29, 0.717) is 12.0 Å². The number of benzene rings is 1. The summed E-state index contributed by atoms with van der Waals surface area (Å²) in [5.74, 6) is 0.450. The van der Waals surface area contributed by atoms with Crippen molar-refractivity contribution in [2.75, 3.05) is 31.6 Å². The number of carbonyl (C=O) groups excluding carboxylic acids is 1. The topological polar surface area (TPSA) is 35.6 Å². The molecule has 2 amide bonds. The summed E-state index contributed by atoms with van der Waals surface area (Å²) in [5.41, 5.74) is 3.74. The Labute approximate surface area is 133 Å². The first-order valence-corrected chi connectivity index (χ1v) is 8.48. The highest BCUT2D eigenvalue weighted by Crippen LogP contribution is 2.44. The number of likely N-dealkylation sites (N-methyl/N-ethyl adjacent to an activating group) is 1. The third-order valence-electron chi connectivity index (χ3n) is 4.98. The normalized spacial score (nSPS) is 24.0. The van der Waals surface area contributed by atoms with Crippen LogP contribution in [-0.4, -0.2) is 43.7 Å². The van der Waals surface area contributed by atoms with Crippen LogP contribution < -0.4 is 10.2 Å². The Hall–Kier alpha value is -1.55. The van der Waals surface area contributed by atoms with Crippen LogP contribution in [0.3, 0.4) is 0 Å². The average Bonchev–Trinajstić information content (AvgIpc) is 2.80. The number of nitrogens with zero attached hydrogens (tertiary/aromatic N) is 2. The van der Waals surface area contributed by atoms with Gasteiger partial charge in [-0.05, 0) is 45.0 Å². The molecule has 0 spiro atoms. The number of piperidine rings is 1. The number of hydrogen-bond acceptors (Lipinski definition) is 2. The second-order valence-electron chi connectivity index (χ2n) is 6.74. The molecular formula is C18H27N3O. The SMILES string of the molecule is CCCCNC(=O)N1c2ccc(C)cc2[C@H]2CN(C)CC[C@H]21. The number of rotatable bonds is 3. The molecule has 1 N–H and O–H groups in total. The van der Waals surface area contributed by atoms with Gasteiger partial charge in [0.25, 0.3) is 0 Å². The Bertz CT molecular complexity index is 557. The maximum Gasteiger partial charge on any atom is 0.322 e. The summed E-state index contributed by atoms with van der Waals surface area (Å²) in [5, 5.41) is 3.10. The van der Waals surface area contributed by atoms with Gasteiger partial charge in [0, 0.05) is 30.7 Å². The van der Waals surface area contributed by atoms with Crippen LogP contribution in [0.5, 0.6) is 0 Å². The second kappa shape index (κ2) is 6.29. The molecule has 0 bridgehead atoms. The van der Waals surface area contributed by atoms with Crippen molar-refractivity contribution < 1.29 is 4.79 Å². The van der Waals surface area contributed by atoms with Gasteiger partial charge in [-0.1, -0.05) is 31.0 Å². The smallest absolute Gasteiger partial charge is 0.322 e. The number of carbonyl (C=O) groups is 1. The molecular weight excluding hydrogens is 274 g/mol. The van der Waals surface area contributed by atoms with Crippen molar-refractivity contribution in [3.8, 4) is 0 Å². The van der Waals surface area contributed by atoms with Gasteiger partial charge in [-0.2, -0.15) is 0 Å². The summed E-state index contributed by atoms with van der Waals surface area (Å²) in [7, 11) is 2.18. The van der Waals surface area contributed by atoms with Crippen LogP contribution in [0.25, 0.3) is 0 Å². The van der Waals surface area contributed by atoms with Crippen molar-refractivity contribution in [2.24, 2.45) is 0 Å². The molecule has 2 aliphatic rings. The predicted molar refractivity (Wildman–Crippen MR) is 90.6 cm³/mol. The molecule has 1 aromatic carbocycles. The lowest BCUT2D eigenvalue weighted by atomic mass is 9.89. The van der Waals surface area contributed by atoms with Crippen molar-refractivity contribution in [3.63, 3.8) is 0 Å². The van der Waals surface area contributed by atoms with Crippen molar-refractivity contribution in [2.45, 2.75) is 45.1 Å². The third kappa shape index (κ3) is 2.72. The highest BCUT2D eigenvalue weighted by Gasteiger charge is 2.43. The van der Waals surface area contributed by atoms with Gasteiger partial charge in [0.15, 0.2) is 0 Å². The highest BCUT2D eigenvalue weighted by molar-refractivity contribution is 5.95. The van der Waals surface area contributed by atoms with Crippen LogP contribution in [0, 0.1) is 6.92 Å². The fourth-order valence-corrected chi connectivity index (χ4v) is 3.80. The number of anilines is 1. The van der Waals surface area contributed by atoms with E-state index in [4.69, 9.17) is 0 Å². The van der Waals surface area contributed by atoms with E-state index in [1.165, 1.54) is 11.1 Å². The maximum absolute atomic E-state index is 12.7. The number of fused-ring (bicyclic) bond motifs is 3. The lowest BCUT2D eigenvalue weighted by molar-refractivity contribution is 0.219. The molecule has 120 valence electrons. The van der Waals surface area contributed by atoms with Gasteiger partial charge in [-0.25, -0.2) is 4.79 Å². The van der Waals surface area contributed by atoms with Crippen molar-refractivity contribution in [3.05, 3.63) is 29.3 Å². The van der Waals surface area contributed by atoms with Gasteiger partial charge in [-0.15, -0.1) is 0 Å². The van der Waals surface area contributed by atoms with Crippen LogP contribution in [0.4, 0.5) is 10.5 Å². The van der Waals surface area contributed by atoms with E-state index in [2.05, 4.69) is 49.3 Å². The highest BCUT2D eigenvalue weighted by atomic mass is 16.2. The van der Waals surface area contributed by atoms with Crippen LogP contribution >= 0.6 is 0 Å². The molecule has 2 heterocycles. The number of urea groups is 1. The number of likely N-dealkylation sites (tertiary alicyclic amines) is 1. The fraction of sp³-hybridized carbons (Fsp3) is 0.611. The zero-order chi connectivity index (χ0) is 15.7. The molecule has 0 aliphatic carbocycles. The van der Waals surface area contributed by atoms with Gasteiger partial charge in [0.1, 0.15) is 0 Å². The summed E-state index contributed by atoms with van der Waals surface area (Å²) in [4.78, 5) is 17.1. The summed E-state index contributed by atoms with van der Waals surface area (Å²) >= 11 is 0. The molecule has 1 fully saturated rings. The molecule has 0 radical (unpaired) electrons. The molecule has 0 unspecified atom stereocenters. The molecule has 1 saturated heterocycles. The largest absolute Gasteiger partial charge is 0.338 e. The van der Waals surface area contributed by atoms with E-state index in [1.54, 1.807) is 0 Å². The Morgan fingerprint density at radius 3 is 3.00 bits per heavy atom. The second-order valence-corrected chi connectivity index (χ2v) is 6.74. The first-order valence-electron chi connectivity index (χ1n) is 8.48. The van der Waals surface area contributed by atoms with Crippen molar-refractivity contribution >= 4 is 11.7 Å². The van der Waals surface area contributed by atoms with E-state index in [0.717, 1.165) is 44.6 Å². The number of hydrogen-bond donors (Lipinski definition) is 1. The van der Waals surface area contributed by atoms with Crippen LogP contribution in [0.1, 0.15) is 43.2 Å². The number of amides is 2. The van der Waals surface area contributed by atoms with E-state index in [-0.39, 0.29) is 6.03 Å². The van der Waals surface area contributed by atoms with Gasteiger partial charge in [-0.3, -0.25) is 4.90 Å². The zero-order valence-electron chi connectivity index (χ0n) is 13.9. The Morgan fingerprint density at radius 1 is 1.41 bits per heavy atom. The van der Waals surface area contributed by atoms with E-state index >= 15 is 0 Å². The molecule has 2 aliphatic heterocycles. The van der Waals surface area contributed by atoms with Crippen molar-refractivity contribution in [1.82, 2.24) is 10.2 Å². The monoisotopic (exact) mass is 301 g/mol. The lowest BCUT2D eigenvalue weighted by Crippen LogP contribution is -2.50. The minimum Gasteiger partial charge on any atom is -0.338 e. The minimum atomic E-state index is 0.0793. The van der Waals surface area contributed by atoms with Crippen molar-refractivity contribution in [1.29, 1.82) is 0 Å². The first kappa shape index (κ1) is 15.3. The van der Waals surface area contributed by atoms with Gasteiger partial charge in [0.05, 0.1) is 0 Å². The molecule has 3 rings (SSSR count). The molecule has 1 aromatic rings. The van der Waals surface area contributed by atoms with Gasteiger partial charge in [0.2, 0.25) is 0 Å². The van der Waals surface area contributed by atoms with Crippen LogP contribution in [-0.2, 0) is 0 Å². The van der Waals surface area contributed by atoms with E-state index in [1.807, 2.05) is 4.90 Å². The first-order chi connectivity index (χ1) is 10.6. The Kier molecular flexibility index (Phi) is 4.39. The zero-order valence-corrected chi connectivity index (χ0v) is 13.9. The molecule has 0 aromatic heterocycles. The number of unbranched alkanes of at least 4 members (excludes halogenated alkanes) is 1. The molecule has 4 heteroatoms. The Morgan fingerprint density at radius 2 is 2.23 bits per heavy atom. The summed E-state index contributed by atoms with van der Waals surface area (Å²) in [6.07, 6.45) is 3.19. The molecule has 2 atom stereocenters. The number of nitrogens with one attached hydrogen (secondary N) is 1. The minimum absolute atomic E-state index is 0.0793. The summed E-state index contributed by atoms with van der Waals surface area (Å²) in [6, 6.07) is 6.91. The standard InChI is InChI=1S/C18H27N3O/c1-4-5-9-19-18(22)21-16-7-6-13(2)11-14(16)15-12-20(3)10-8-17(15)21/h6-7,11,15,17H,4-5,8-10,12H2,1-3H3,(H,19,22)/t15-,17-/m1/s1. The molecule has 4 nitrogen and oxygen atoms in total.